The second kappa shape index (κ2) is 11.5. The van der Waals surface area contributed by atoms with Gasteiger partial charge in [0.15, 0.2) is 17.1 Å². The highest BCUT2D eigenvalue weighted by atomic mass is 33.1. The highest BCUT2D eigenvalue weighted by Gasteiger charge is 2.58. The van der Waals surface area contributed by atoms with Crippen molar-refractivity contribution in [1.29, 1.82) is 0 Å². The van der Waals surface area contributed by atoms with Gasteiger partial charge in [0.1, 0.15) is 23.4 Å². The van der Waals surface area contributed by atoms with Crippen molar-refractivity contribution < 1.29 is 34.3 Å². The van der Waals surface area contributed by atoms with E-state index in [1.165, 1.54) is 19.8 Å². The Hall–Kier alpha value is -2.88. The van der Waals surface area contributed by atoms with E-state index in [2.05, 4.69) is 6.92 Å². The van der Waals surface area contributed by atoms with Crippen molar-refractivity contribution in [1.82, 2.24) is 0 Å². The molecule has 9 heteroatoms. The molecule has 0 saturated heterocycles. The average Bonchev–Trinajstić information content (AvgIpc) is 3.03. The fourth-order valence-electron chi connectivity index (χ4n) is 8.01. The number of fused-ring (bicyclic) bond motifs is 5. The van der Waals surface area contributed by atoms with Gasteiger partial charge in [-0.3, -0.25) is 0 Å². The van der Waals surface area contributed by atoms with Crippen LogP contribution in [-0.2, 0) is 12.0 Å². The molecule has 2 aliphatic heterocycles. The van der Waals surface area contributed by atoms with Crippen LogP contribution >= 0.6 is 21.6 Å². The lowest BCUT2D eigenvalue weighted by Crippen LogP contribution is -2.56. The quantitative estimate of drug-likeness (QED) is 0.251. The summed E-state index contributed by atoms with van der Waals surface area (Å²) in [6.45, 7) is 2.35. The number of methoxy groups -OCH3 is 3. The summed E-state index contributed by atoms with van der Waals surface area (Å²) >= 11 is 0. The molecule has 3 aromatic carbocycles. The van der Waals surface area contributed by atoms with Gasteiger partial charge in [-0.2, -0.15) is 0 Å². The van der Waals surface area contributed by atoms with Crippen molar-refractivity contribution in [3.8, 4) is 45.6 Å². The predicted molar refractivity (Wildman–Crippen MR) is 175 cm³/mol. The first-order valence-electron chi connectivity index (χ1n) is 15.5. The molecule has 0 spiro atoms. The molecule has 7 rings (SSSR count). The number of hydrogen-bond donors (Lipinski definition) is 3. The minimum absolute atomic E-state index is 0.0794. The van der Waals surface area contributed by atoms with E-state index in [1.807, 2.05) is 39.8 Å². The Kier molecular flexibility index (Phi) is 7.78. The maximum atomic E-state index is 12.5. The maximum Gasteiger partial charge on any atom is 0.200 e. The van der Waals surface area contributed by atoms with E-state index in [9.17, 15) is 15.3 Å². The fraction of sp³-hybridized carbons (Fsp3) is 0.486. The molecule has 4 aliphatic rings. The molecule has 0 radical (unpaired) electrons. The van der Waals surface area contributed by atoms with Crippen LogP contribution in [0, 0.1) is 5.92 Å². The summed E-state index contributed by atoms with van der Waals surface area (Å²) in [6, 6.07) is 11.2. The van der Waals surface area contributed by atoms with Crippen LogP contribution in [0.25, 0.3) is 11.1 Å². The minimum Gasteiger partial charge on any atom is -0.508 e. The smallest absolute Gasteiger partial charge is 0.200 e. The van der Waals surface area contributed by atoms with Gasteiger partial charge in [-0.25, -0.2) is 0 Å². The number of ether oxygens (including phenoxy) is 4. The van der Waals surface area contributed by atoms with E-state index in [0.717, 1.165) is 71.6 Å². The summed E-state index contributed by atoms with van der Waals surface area (Å²) in [5.74, 6) is 3.93. The highest BCUT2D eigenvalue weighted by Crippen LogP contribution is 2.62. The third-order valence-corrected chi connectivity index (χ3v) is 13.3. The average molecular weight is 637 g/mol. The Morgan fingerprint density at radius 2 is 1.66 bits per heavy atom. The Labute approximate surface area is 266 Å². The molecule has 6 atom stereocenters. The lowest BCUT2D eigenvalue weighted by molar-refractivity contribution is -0.111. The predicted octanol–water partition coefficient (Wildman–Crippen LogP) is 7.53. The number of aromatic hydroxyl groups is 2. The summed E-state index contributed by atoms with van der Waals surface area (Å²) in [4.78, 5) is 0. The first-order valence-corrected chi connectivity index (χ1v) is 17.9. The number of aliphatic hydroxyl groups is 1. The van der Waals surface area contributed by atoms with Gasteiger partial charge in [0.25, 0.3) is 0 Å². The van der Waals surface area contributed by atoms with Gasteiger partial charge < -0.3 is 34.3 Å². The zero-order valence-corrected chi connectivity index (χ0v) is 27.2. The van der Waals surface area contributed by atoms with Crippen LogP contribution in [0.4, 0.5) is 0 Å². The molecule has 7 nitrogen and oxygen atoms in total. The summed E-state index contributed by atoms with van der Waals surface area (Å²) in [5.41, 5.74) is 5.21. The standard InChI is InChI=1S/C35H40O7S2/c1-18-5-6-19-13-24-30(22-8-7-21(36)16-23(19)22)25(39-2)17-26-31(24)32-29(44-43-12-10-18)9-11-35(42-26,34(32)38)20-14-27(40-3)33(37)28(15-20)41-4/h7-8,14-19,29,32,34,36-38H,5-6,9-13H2,1-4H3/t18-,19+,29+,32+,34-,35+/m1/s1. The lowest BCUT2D eigenvalue weighted by Gasteiger charge is -2.53. The van der Waals surface area contributed by atoms with E-state index < -0.39 is 11.7 Å². The number of rotatable bonds is 4. The third-order valence-electron chi connectivity index (χ3n) is 10.3. The van der Waals surface area contributed by atoms with Gasteiger partial charge in [-0.05, 0) is 84.9 Å². The molecule has 1 saturated carbocycles. The van der Waals surface area contributed by atoms with Crippen LogP contribution in [0.3, 0.4) is 0 Å². The number of hydrogen-bond acceptors (Lipinski definition) is 9. The third kappa shape index (κ3) is 4.60. The molecular formula is C35H40O7S2. The second-order valence-electron chi connectivity index (χ2n) is 12.7. The van der Waals surface area contributed by atoms with Gasteiger partial charge in [0.2, 0.25) is 5.75 Å². The van der Waals surface area contributed by atoms with Crippen molar-refractivity contribution in [3.63, 3.8) is 0 Å². The van der Waals surface area contributed by atoms with E-state index in [4.69, 9.17) is 18.9 Å². The molecule has 3 aromatic rings. The molecule has 2 heterocycles. The molecule has 44 heavy (non-hydrogen) atoms. The monoisotopic (exact) mass is 636 g/mol. The van der Waals surface area contributed by atoms with Crippen LogP contribution in [0.1, 0.15) is 73.1 Å². The molecule has 0 unspecified atom stereocenters. The van der Waals surface area contributed by atoms with Crippen molar-refractivity contribution >= 4 is 21.6 Å². The molecule has 3 N–H and O–H groups in total. The number of aliphatic hydroxyl groups excluding tert-OH is 1. The van der Waals surface area contributed by atoms with Crippen LogP contribution in [0.2, 0.25) is 0 Å². The van der Waals surface area contributed by atoms with E-state index >= 15 is 0 Å². The number of phenolic OH excluding ortho intramolecular Hbond substituents is 2. The van der Waals surface area contributed by atoms with E-state index in [0.29, 0.717) is 17.9 Å². The van der Waals surface area contributed by atoms with Crippen LogP contribution < -0.4 is 18.9 Å². The Morgan fingerprint density at radius 3 is 2.39 bits per heavy atom. The van der Waals surface area contributed by atoms with Crippen LogP contribution in [0.5, 0.6) is 34.5 Å². The van der Waals surface area contributed by atoms with Crippen LogP contribution in [0.15, 0.2) is 36.4 Å². The summed E-state index contributed by atoms with van der Waals surface area (Å²) in [5, 5.41) is 34.0. The van der Waals surface area contributed by atoms with Crippen molar-refractivity contribution in [2.45, 2.75) is 74.2 Å². The van der Waals surface area contributed by atoms with E-state index in [-0.39, 0.29) is 40.1 Å². The topological polar surface area (TPSA) is 97.6 Å². The fourth-order valence-corrected chi connectivity index (χ4v) is 11.2. The number of phenols is 2. The molecular weight excluding hydrogens is 597 g/mol. The van der Waals surface area contributed by atoms with Gasteiger partial charge in [-0.1, -0.05) is 41.0 Å². The van der Waals surface area contributed by atoms with Crippen molar-refractivity contribution in [3.05, 3.63) is 58.7 Å². The Balaban J connectivity index is 1.47. The highest BCUT2D eigenvalue weighted by molar-refractivity contribution is 8.76. The molecule has 4 bridgehead atoms. The number of benzene rings is 3. The van der Waals surface area contributed by atoms with Gasteiger partial charge in [0, 0.05) is 39.7 Å². The molecule has 234 valence electrons. The van der Waals surface area contributed by atoms with E-state index in [1.54, 1.807) is 25.3 Å². The SMILES string of the molecule is COc1cc([C@@]23CC[C@@H]4SSCC[C@H](C)CC[C@H]5Cc6c(c(OC)cc(c6[C@H]4[C@H]2O)O3)-c2ccc(O)cc25)cc(OC)c1O. The summed E-state index contributed by atoms with van der Waals surface area (Å²) in [6.07, 6.45) is 4.69. The molecule has 2 aliphatic carbocycles. The normalized spacial score (nSPS) is 28.9. The lowest BCUT2D eigenvalue weighted by atomic mass is 9.64. The first kappa shape index (κ1) is 29.8. The van der Waals surface area contributed by atoms with Crippen LogP contribution in [-0.4, -0.2) is 53.8 Å². The maximum absolute atomic E-state index is 12.5. The van der Waals surface area contributed by atoms with Gasteiger partial charge in [0.05, 0.1) is 21.3 Å². The molecule has 0 amide bonds. The summed E-state index contributed by atoms with van der Waals surface area (Å²) < 4.78 is 24.2. The van der Waals surface area contributed by atoms with Gasteiger partial charge >= 0.3 is 0 Å². The minimum atomic E-state index is -1.06. The Bertz CT molecular complexity index is 1570. The Morgan fingerprint density at radius 1 is 0.909 bits per heavy atom. The zero-order chi connectivity index (χ0) is 30.7. The summed E-state index contributed by atoms with van der Waals surface area (Å²) in [7, 11) is 8.54. The first-order chi connectivity index (χ1) is 21.3. The zero-order valence-electron chi connectivity index (χ0n) is 25.6. The van der Waals surface area contributed by atoms with Crippen molar-refractivity contribution in [2.75, 3.05) is 27.1 Å². The van der Waals surface area contributed by atoms with Gasteiger partial charge in [-0.15, -0.1) is 0 Å². The molecule has 1 fully saturated rings. The largest absolute Gasteiger partial charge is 0.508 e. The second-order valence-corrected chi connectivity index (χ2v) is 15.4. The van der Waals surface area contributed by atoms with Crippen molar-refractivity contribution in [2.24, 2.45) is 5.92 Å². The molecule has 0 aromatic heterocycles.